The lowest BCUT2D eigenvalue weighted by atomic mass is 10.4. The molecule has 0 radical (unpaired) electrons. The quantitative estimate of drug-likeness (QED) is 0.257. The fraction of sp³-hybridized carbons (Fsp3) is 1.00. The van der Waals surface area contributed by atoms with Gasteiger partial charge < -0.3 is 20.8 Å². The highest BCUT2D eigenvalue weighted by Crippen LogP contribution is 2.40. The van der Waals surface area contributed by atoms with E-state index < -0.39 is 7.82 Å². The van der Waals surface area contributed by atoms with Crippen LogP contribution in [0.1, 0.15) is 6.42 Å². The summed E-state index contributed by atoms with van der Waals surface area (Å²) in [5.74, 6) is 0.496. The van der Waals surface area contributed by atoms with E-state index in [2.05, 4.69) is 9.29 Å². The normalized spacial score (nSPS) is 11.9. The molecule has 0 aromatic rings. The number of rotatable bonds is 8. The highest BCUT2D eigenvalue weighted by atomic mass is 32.2. The Bertz CT molecular complexity index is 165. The first-order valence-electron chi connectivity index (χ1n) is 3.84. The second kappa shape index (κ2) is 7.75. The zero-order valence-corrected chi connectivity index (χ0v) is 8.89. The third-order valence-electron chi connectivity index (χ3n) is 1.07. The molecule has 0 aliphatic rings. The van der Waals surface area contributed by atoms with E-state index in [1.54, 1.807) is 0 Å². The summed E-state index contributed by atoms with van der Waals surface area (Å²) in [6, 6.07) is 0. The van der Waals surface area contributed by atoms with Gasteiger partial charge in [-0.1, -0.05) is 0 Å². The van der Waals surface area contributed by atoms with Gasteiger partial charge in [0.15, 0.2) is 0 Å². The maximum absolute atomic E-state index is 10.2. The van der Waals surface area contributed by atoms with Gasteiger partial charge in [-0.25, -0.2) is 8.54 Å². The van der Waals surface area contributed by atoms with Crippen molar-refractivity contribution in [1.29, 1.82) is 0 Å². The predicted molar refractivity (Wildman–Crippen MR) is 52.1 cm³/mol. The van der Waals surface area contributed by atoms with Crippen molar-refractivity contribution < 1.29 is 18.3 Å². The van der Waals surface area contributed by atoms with E-state index in [0.29, 0.717) is 18.8 Å². The molecule has 13 heavy (non-hydrogen) atoms. The SMILES string of the molecule is NCCCNCCSOP(=O)(O)O. The van der Waals surface area contributed by atoms with E-state index in [-0.39, 0.29) is 0 Å². The molecule has 0 aliphatic carbocycles. The molecule has 0 aromatic heterocycles. The van der Waals surface area contributed by atoms with Crippen molar-refractivity contribution in [3.05, 3.63) is 0 Å². The first kappa shape index (κ1) is 13.4. The minimum atomic E-state index is -4.31. The monoisotopic (exact) mass is 230 g/mol. The molecular weight excluding hydrogens is 215 g/mol. The highest BCUT2D eigenvalue weighted by molar-refractivity contribution is 7.97. The summed E-state index contributed by atoms with van der Waals surface area (Å²) >= 11 is 0.761. The van der Waals surface area contributed by atoms with Crippen LogP contribution >= 0.6 is 19.9 Å². The van der Waals surface area contributed by atoms with Gasteiger partial charge in [-0.3, -0.25) is 0 Å². The maximum atomic E-state index is 10.2. The number of phosphoric acid groups is 1. The molecular formula is C5H15N2O4PS. The average molecular weight is 230 g/mol. The van der Waals surface area contributed by atoms with Gasteiger partial charge in [-0.2, -0.15) is 0 Å². The van der Waals surface area contributed by atoms with Crippen LogP contribution in [-0.4, -0.2) is 35.2 Å². The summed E-state index contributed by atoms with van der Waals surface area (Å²) in [5, 5.41) is 3.04. The van der Waals surface area contributed by atoms with Crippen molar-refractivity contribution in [3.8, 4) is 0 Å². The van der Waals surface area contributed by atoms with Crippen LogP contribution < -0.4 is 11.1 Å². The largest absolute Gasteiger partial charge is 0.480 e. The molecule has 8 heteroatoms. The molecule has 0 spiro atoms. The van der Waals surface area contributed by atoms with Crippen molar-refractivity contribution in [3.63, 3.8) is 0 Å². The van der Waals surface area contributed by atoms with Crippen molar-refractivity contribution in [2.75, 3.05) is 25.4 Å². The summed E-state index contributed by atoms with van der Waals surface area (Å²) in [4.78, 5) is 16.6. The van der Waals surface area contributed by atoms with Crippen molar-refractivity contribution in [1.82, 2.24) is 5.32 Å². The second-order valence-electron chi connectivity index (χ2n) is 2.28. The Kier molecular flexibility index (Phi) is 7.98. The van der Waals surface area contributed by atoms with Gasteiger partial charge in [0, 0.05) is 24.3 Å². The number of nitrogens with one attached hydrogen (secondary N) is 1. The van der Waals surface area contributed by atoms with E-state index in [9.17, 15) is 4.57 Å². The number of hydrogen-bond acceptors (Lipinski definition) is 5. The van der Waals surface area contributed by atoms with Crippen molar-refractivity contribution in [2.45, 2.75) is 6.42 Å². The Morgan fingerprint density at radius 2 is 2.15 bits per heavy atom. The van der Waals surface area contributed by atoms with Crippen LogP contribution in [0, 0.1) is 0 Å². The Hall–Kier alpha value is 0.380. The van der Waals surface area contributed by atoms with Gasteiger partial charge in [0.25, 0.3) is 0 Å². The van der Waals surface area contributed by atoms with Crippen LogP contribution in [0.3, 0.4) is 0 Å². The van der Waals surface area contributed by atoms with Gasteiger partial charge in [0.05, 0.1) is 0 Å². The van der Waals surface area contributed by atoms with Crippen LogP contribution in [0.25, 0.3) is 0 Å². The standard InChI is InChI=1S/C5H15N2O4PS/c6-2-1-3-7-4-5-13-11-12(8,9)10/h7H,1-6H2,(H2,8,9,10). The number of hydrogen-bond donors (Lipinski definition) is 4. The Labute approximate surface area is 81.7 Å². The van der Waals surface area contributed by atoms with Gasteiger partial charge in [0.2, 0.25) is 0 Å². The van der Waals surface area contributed by atoms with Crippen LogP contribution in [0.15, 0.2) is 0 Å². The van der Waals surface area contributed by atoms with E-state index in [4.69, 9.17) is 15.5 Å². The molecule has 0 bridgehead atoms. The van der Waals surface area contributed by atoms with Crippen LogP contribution in [-0.2, 0) is 8.54 Å². The van der Waals surface area contributed by atoms with E-state index in [0.717, 1.165) is 25.0 Å². The smallest absolute Gasteiger partial charge is 0.330 e. The third kappa shape index (κ3) is 12.4. The van der Waals surface area contributed by atoms with Gasteiger partial charge in [-0.05, 0) is 19.5 Å². The first-order valence-corrected chi connectivity index (χ1v) is 6.28. The molecule has 5 N–H and O–H groups in total. The third-order valence-corrected chi connectivity index (χ3v) is 2.64. The predicted octanol–water partition coefficient (Wildman–Crippen LogP) is -0.318. The van der Waals surface area contributed by atoms with E-state index in [1.165, 1.54) is 0 Å². The van der Waals surface area contributed by atoms with Crippen LogP contribution in [0.2, 0.25) is 0 Å². The summed E-state index contributed by atoms with van der Waals surface area (Å²) < 4.78 is 14.3. The average Bonchev–Trinajstić information content (AvgIpc) is 2.01. The molecule has 0 saturated heterocycles. The molecule has 6 nitrogen and oxygen atoms in total. The summed E-state index contributed by atoms with van der Waals surface area (Å²) in [7, 11) is -4.31. The molecule has 0 heterocycles. The lowest BCUT2D eigenvalue weighted by molar-refractivity contribution is 0.298. The van der Waals surface area contributed by atoms with Crippen molar-refractivity contribution in [2.24, 2.45) is 5.73 Å². The molecule has 0 saturated carbocycles. The lowest BCUT2D eigenvalue weighted by Crippen LogP contribution is -2.20. The van der Waals surface area contributed by atoms with Crippen LogP contribution in [0.4, 0.5) is 0 Å². The number of nitrogens with two attached hydrogens (primary N) is 1. The molecule has 0 rings (SSSR count). The molecule has 0 aliphatic heterocycles. The van der Waals surface area contributed by atoms with Gasteiger partial charge >= 0.3 is 7.82 Å². The Morgan fingerprint density at radius 3 is 2.69 bits per heavy atom. The zero-order chi connectivity index (χ0) is 10.2. The van der Waals surface area contributed by atoms with Gasteiger partial charge in [0.1, 0.15) is 0 Å². The topological polar surface area (TPSA) is 105 Å². The second-order valence-corrected chi connectivity index (χ2v) is 4.50. The zero-order valence-electron chi connectivity index (χ0n) is 7.18. The van der Waals surface area contributed by atoms with Crippen molar-refractivity contribution >= 4 is 19.9 Å². The summed E-state index contributed by atoms with van der Waals surface area (Å²) in [6.45, 7) is 2.09. The molecule has 0 amide bonds. The Balaban J connectivity index is 3.04. The minimum absolute atomic E-state index is 0.496. The summed E-state index contributed by atoms with van der Waals surface area (Å²) in [5.41, 5.74) is 5.25. The molecule has 0 aromatic carbocycles. The lowest BCUT2D eigenvalue weighted by Gasteiger charge is -2.04. The summed E-state index contributed by atoms with van der Waals surface area (Å²) in [6.07, 6.45) is 0.893. The fourth-order valence-electron chi connectivity index (χ4n) is 0.572. The van der Waals surface area contributed by atoms with E-state index >= 15 is 0 Å². The highest BCUT2D eigenvalue weighted by Gasteiger charge is 2.13. The maximum Gasteiger partial charge on any atom is 0.480 e. The molecule has 0 atom stereocenters. The Morgan fingerprint density at radius 1 is 1.46 bits per heavy atom. The minimum Gasteiger partial charge on any atom is -0.330 e. The fourth-order valence-corrected chi connectivity index (χ4v) is 1.65. The molecule has 0 fully saturated rings. The van der Waals surface area contributed by atoms with Gasteiger partial charge in [-0.15, -0.1) is 0 Å². The molecule has 80 valence electrons. The van der Waals surface area contributed by atoms with Crippen LogP contribution in [0.5, 0.6) is 0 Å². The van der Waals surface area contributed by atoms with E-state index in [1.807, 2.05) is 0 Å². The first-order chi connectivity index (χ1) is 6.06. The molecule has 0 unspecified atom stereocenters.